The Hall–Kier alpha value is -1.32. The summed E-state index contributed by atoms with van der Waals surface area (Å²) in [7, 11) is 0. The Bertz CT molecular complexity index is 570. The van der Waals surface area contributed by atoms with Gasteiger partial charge >= 0.3 is 0 Å². The molecule has 2 heterocycles. The number of amides is 1. The highest BCUT2D eigenvalue weighted by Gasteiger charge is 2.35. The Morgan fingerprint density at radius 1 is 1.13 bits per heavy atom. The zero-order valence-electron chi connectivity index (χ0n) is 15.1. The lowest BCUT2D eigenvalue weighted by Crippen LogP contribution is -2.45. The molecular formula is C19H31N3O. The Kier molecular flexibility index (Phi) is 4.52. The van der Waals surface area contributed by atoms with E-state index in [9.17, 15) is 4.79 Å². The average molecular weight is 317 g/mol. The van der Waals surface area contributed by atoms with Crippen LogP contribution in [0.3, 0.4) is 0 Å². The van der Waals surface area contributed by atoms with Gasteiger partial charge in [0.1, 0.15) is 0 Å². The minimum Gasteiger partial charge on any atom is -0.334 e. The summed E-state index contributed by atoms with van der Waals surface area (Å²) in [5.74, 6) is 0.857. The molecule has 4 heteroatoms. The van der Waals surface area contributed by atoms with Crippen LogP contribution in [0.25, 0.3) is 0 Å². The Morgan fingerprint density at radius 2 is 1.78 bits per heavy atom. The molecule has 0 radical (unpaired) electrons. The Balaban J connectivity index is 1.86. The van der Waals surface area contributed by atoms with Crippen LogP contribution in [0.2, 0.25) is 0 Å². The molecule has 2 atom stereocenters. The van der Waals surface area contributed by atoms with E-state index < -0.39 is 0 Å². The van der Waals surface area contributed by atoms with Crippen molar-refractivity contribution in [1.82, 2.24) is 14.7 Å². The summed E-state index contributed by atoms with van der Waals surface area (Å²) in [6.45, 7) is 9.33. The van der Waals surface area contributed by atoms with Crippen molar-refractivity contribution >= 4 is 5.91 Å². The van der Waals surface area contributed by atoms with Gasteiger partial charge in [-0.05, 0) is 65.4 Å². The summed E-state index contributed by atoms with van der Waals surface area (Å²) in [4.78, 5) is 15.3. The smallest absolute Gasteiger partial charge is 0.274 e. The fourth-order valence-electron chi connectivity index (χ4n) is 4.45. The van der Waals surface area contributed by atoms with Crippen molar-refractivity contribution in [3.05, 3.63) is 17.5 Å². The van der Waals surface area contributed by atoms with Crippen molar-refractivity contribution < 1.29 is 4.79 Å². The van der Waals surface area contributed by atoms with E-state index in [1.807, 2.05) is 17.7 Å². The molecule has 1 aliphatic carbocycles. The normalized spacial score (nSPS) is 25.8. The highest BCUT2D eigenvalue weighted by Crippen LogP contribution is 2.35. The summed E-state index contributed by atoms with van der Waals surface area (Å²) in [5, 5.41) is 4.65. The van der Waals surface area contributed by atoms with Gasteiger partial charge in [-0.2, -0.15) is 5.10 Å². The van der Waals surface area contributed by atoms with E-state index in [2.05, 4.69) is 30.8 Å². The van der Waals surface area contributed by atoms with Crippen LogP contribution >= 0.6 is 0 Å². The van der Waals surface area contributed by atoms with Crippen molar-refractivity contribution in [2.45, 2.75) is 84.2 Å². The molecule has 1 aromatic rings. The molecule has 0 N–H and O–H groups in total. The fraction of sp³-hybridized carbons (Fsp3) is 0.789. The van der Waals surface area contributed by atoms with E-state index in [0.717, 1.165) is 18.7 Å². The summed E-state index contributed by atoms with van der Waals surface area (Å²) in [5.41, 5.74) is 1.61. The Labute approximate surface area is 140 Å². The number of likely N-dealkylation sites (tertiary alicyclic amines) is 1. The monoisotopic (exact) mass is 317 g/mol. The zero-order valence-corrected chi connectivity index (χ0v) is 15.1. The van der Waals surface area contributed by atoms with Crippen LogP contribution in [-0.4, -0.2) is 33.2 Å². The minimum absolute atomic E-state index is 0.0885. The number of nitrogens with zero attached hydrogens (tertiary/aromatic N) is 3. The maximum atomic E-state index is 13.1. The topological polar surface area (TPSA) is 38.1 Å². The Morgan fingerprint density at radius 3 is 2.43 bits per heavy atom. The quantitative estimate of drug-likeness (QED) is 0.781. The van der Waals surface area contributed by atoms with Crippen LogP contribution in [0.15, 0.2) is 6.07 Å². The molecule has 128 valence electrons. The zero-order chi connectivity index (χ0) is 16.6. The maximum Gasteiger partial charge on any atom is 0.274 e. The minimum atomic E-state index is -0.0885. The molecule has 2 fully saturated rings. The molecule has 2 aliphatic rings. The lowest BCUT2D eigenvalue weighted by atomic mass is 9.81. The van der Waals surface area contributed by atoms with Gasteiger partial charge in [0, 0.05) is 18.3 Å². The molecule has 1 saturated heterocycles. The van der Waals surface area contributed by atoms with Crippen LogP contribution in [0.5, 0.6) is 0 Å². The number of hydrogen-bond donors (Lipinski definition) is 0. The third-order valence-corrected chi connectivity index (χ3v) is 5.50. The first-order valence-corrected chi connectivity index (χ1v) is 9.26. The van der Waals surface area contributed by atoms with Crippen molar-refractivity contribution in [2.75, 3.05) is 6.54 Å². The standard InChI is InChI=1S/C19H31N3O/c1-14-13-16(20-22(14)19(2,3)4)18(23)21-12-8-7-10-15-9-5-6-11-17(15)21/h13,15,17H,5-12H2,1-4H3. The molecule has 1 amide bonds. The molecule has 0 bridgehead atoms. The molecule has 1 saturated carbocycles. The van der Waals surface area contributed by atoms with Gasteiger partial charge in [0.15, 0.2) is 5.69 Å². The first kappa shape index (κ1) is 16.5. The van der Waals surface area contributed by atoms with Gasteiger partial charge in [0.25, 0.3) is 5.91 Å². The summed E-state index contributed by atoms with van der Waals surface area (Å²) < 4.78 is 1.98. The molecule has 23 heavy (non-hydrogen) atoms. The first-order valence-electron chi connectivity index (χ1n) is 9.26. The molecule has 1 aliphatic heterocycles. The highest BCUT2D eigenvalue weighted by molar-refractivity contribution is 5.92. The first-order chi connectivity index (χ1) is 10.9. The van der Waals surface area contributed by atoms with Crippen LogP contribution < -0.4 is 0 Å². The van der Waals surface area contributed by atoms with E-state index >= 15 is 0 Å². The maximum absolute atomic E-state index is 13.1. The second-order valence-corrected chi connectivity index (χ2v) is 8.36. The number of carbonyl (C=O) groups excluding carboxylic acids is 1. The number of carbonyl (C=O) groups is 1. The van der Waals surface area contributed by atoms with Gasteiger partial charge in [-0.25, -0.2) is 0 Å². The van der Waals surface area contributed by atoms with Crippen LogP contribution in [0.1, 0.15) is 81.9 Å². The van der Waals surface area contributed by atoms with E-state index in [-0.39, 0.29) is 11.4 Å². The average Bonchev–Trinajstić information content (AvgIpc) is 2.77. The second-order valence-electron chi connectivity index (χ2n) is 8.36. The highest BCUT2D eigenvalue weighted by atomic mass is 16.2. The van der Waals surface area contributed by atoms with Gasteiger partial charge in [0.2, 0.25) is 0 Å². The van der Waals surface area contributed by atoms with E-state index in [1.54, 1.807) is 0 Å². The molecule has 3 rings (SSSR count). The third kappa shape index (κ3) is 3.31. The van der Waals surface area contributed by atoms with Crippen molar-refractivity contribution in [3.8, 4) is 0 Å². The van der Waals surface area contributed by atoms with Crippen LogP contribution in [-0.2, 0) is 5.54 Å². The van der Waals surface area contributed by atoms with Crippen molar-refractivity contribution in [2.24, 2.45) is 5.92 Å². The van der Waals surface area contributed by atoms with Gasteiger partial charge in [0.05, 0.1) is 5.54 Å². The molecule has 2 unspecified atom stereocenters. The summed E-state index contributed by atoms with van der Waals surface area (Å²) in [6, 6.07) is 2.41. The lowest BCUT2D eigenvalue weighted by Gasteiger charge is -2.38. The molecule has 0 aromatic carbocycles. The fourth-order valence-corrected chi connectivity index (χ4v) is 4.45. The number of hydrogen-bond acceptors (Lipinski definition) is 2. The number of rotatable bonds is 1. The number of aryl methyl sites for hydroxylation is 1. The van der Waals surface area contributed by atoms with Gasteiger partial charge in [-0.15, -0.1) is 0 Å². The molecule has 4 nitrogen and oxygen atoms in total. The van der Waals surface area contributed by atoms with Gasteiger partial charge in [-0.1, -0.05) is 19.3 Å². The van der Waals surface area contributed by atoms with E-state index in [0.29, 0.717) is 17.7 Å². The predicted octanol–water partition coefficient (Wildman–Crippen LogP) is 4.13. The van der Waals surface area contributed by atoms with E-state index in [4.69, 9.17) is 0 Å². The second kappa shape index (κ2) is 6.29. The third-order valence-electron chi connectivity index (χ3n) is 5.50. The molecule has 0 spiro atoms. The molecule has 1 aromatic heterocycles. The SMILES string of the molecule is Cc1cc(C(=O)N2CCCCC3CCCCC32)nn1C(C)(C)C. The van der Waals surface area contributed by atoms with Crippen molar-refractivity contribution in [3.63, 3.8) is 0 Å². The van der Waals surface area contributed by atoms with Crippen LogP contribution in [0, 0.1) is 12.8 Å². The predicted molar refractivity (Wildman–Crippen MR) is 92.6 cm³/mol. The van der Waals surface area contributed by atoms with Gasteiger partial charge < -0.3 is 4.90 Å². The summed E-state index contributed by atoms with van der Waals surface area (Å²) >= 11 is 0. The largest absolute Gasteiger partial charge is 0.334 e. The van der Waals surface area contributed by atoms with Crippen molar-refractivity contribution in [1.29, 1.82) is 0 Å². The van der Waals surface area contributed by atoms with E-state index in [1.165, 1.54) is 38.5 Å². The lowest BCUT2D eigenvalue weighted by molar-refractivity contribution is 0.0561. The van der Waals surface area contributed by atoms with Crippen LogP contribution in [0.4, 0.5) is 0 Å². The molecular weight excluding hydrogens is 286 g/mol. The number of aromatic nitrogens is 2. The number of fused-ring (bicyclic) bond motifs is 1. The van der Waals surface area contributed by atoms with Gasteiger partial charge in [-0.3, -0.25) is 9.48 Å². The summed E-state index contributed by atoms with van der Waals surface area (Å²) in [6.07, 6.45) is 8.77.